The second kappa shape index (κ2) is 28.2. The Morgan fingerprint density at radius 3 is 1.28 bits per heavy atom. The van der Waals surface area contributed by atoms with Crippen molar-refractivity contribution in [2.24, 2.45) is 22.3 Å². The molecule has 2 saturated carbocycles. The molecule has 4 aliphatic carbocycles. The first kappa shape index (κ1) is 71.9. The van der Waals surface area contributed by atoms with Gasteiger partial charge in [0.1, 0.15) is 17.3 Å². The highest BCUT2D eigenvalue weighted by molar-refractivity contribution is 6.02. The number of ether oxygens (including phenoxy) is 3. The number of aliphatic hydroxyl groups excluding tert-OH is 1. The molecule has 2 aromatic heterocycles. The number of hydrogen-bond acceptors (Lipinski definition) is 16. The van der Waals surface area contributed by atoms with Gasteiger partial charge in [-0.1, -0.05) is 27.7 Å². The van der Waals surface area contributed by atoms with Gasteiger partial charge in [-0.2, -0.15) is 36.5 Å². The van der Waals surface area contributed by atoms with E-state index in [0.717, 1.165) is 35.5 Å². The molecule has 4 fully saturated rings. The van der Waals surface area contributed by atoms with Gasteiger partial charge in [0, 0.05) is 88.7 Å². The number of hydrogen-bond donors (Lipinski definition) is 6. The topological polar surface area (TPSA) is 301 Å². The molecule has 5 amide bonds. The Hall–Kier alpha value is -7.95. The molecule has 29 heteroatoms. The molecule has 0 atom stereocenters. The smallest absolute Gasteiger partial charge is 0.435 e. The van der Waals surface area contributed by atoms with Gasteiger partial charge in [-0.15, -0.1) is 0 Å². The van der Waals surface area contributed by atoms with Crippen LogP contribution in [-0.4, -0.2) is 169 Å². The molecule has 10 rings (SSSR count). The number of rotatable bonds is 9. The Labute approximate surface area is 542 Å². The van der Waals surface area contributed by atoms with Gasteiger partial charge in [-0.25, -0.2) is 23.7 Å². The first-order valence-corrected chi connectivity index (χ1v) is 31.8. The lowest BCUT2D eigenvalue weighted by atomic mass is 9.75. The molecule has 516 valence electrons. The van der Waals surface area contributed by atoms with Crippen molar-refractivity contribution >= 4 is 53.0 Å². The standard InChI is InChI=1S/C33H43F3N6O6.C23H27F3N4O3.C9H18N2O2/c1-31(2,3)48-30(46)41-14-12-40(13-15-41)29(45)47-21-9-6-19(7-10-21)38-23-16-20(8-11-22(23)28(37)44)42-24-17-32(4,5)18-25(43)26(24)27(39-42)33(34,35)36;1-22(2)10-17-19(18(32)11-22)20(23(24,25)26)29-30(17)13-5-8-15(21(27)33)16(9-13)28-12-3-6-14(31)7-4-12;1-9(2,3)13-8(12)11-6-4-10-5-7-11/h8,11,16,19,21,38H,6-7,9-10,12-15,17-18H2,1-5H3,(H2,37,44);5,8-9,12,14,28,31H,3-4,6-7,10-11H2,1-2H3,(H2,27,33);10H,4-7H2,1-3H3. The molecule has 0 radical (unpaired) electrons. The molecule has 6 aliphatic rings. The molecular formula is C65H88F6N12O11. The average molecular weight is 1330 g/mol. The third-order valence-corrected chi connectivity index (χ3v) is 17.0. The Morgan fingerprint density at radius 1 is 0.553 bits per heavy atom. The molecule has 4 aromatic rings. The Morgan fingerprint density at radius 2 is 0.915 bits per heavy atom. The summed E-state index contributed by atoms with van der Waals surface area (Å²) in [6.45, 7) is 22.9. The third kappa shape index (κ3) is 18.3. The summed E-state index contributed by atoms with van der Waals surface area (Å²) in [6, 6.07) is 8.77. The number of amides is 5. The second-order valence-corrected chi connectivity index (χ2v) is 28.6. The van der Waals surface area contributed by atoms with Gasteiger partial charge in [0.2, 0.25) is 0 Å². The van der Waals surface area contributed by atoms with E-state index in [1.54, 1.807) is 41.5 Å². The molecule has 94 heavy (non-hydrogen) atoms. The number of anilines is 2. The van der Waals surface area contributed by atoms with Crippen molar-refractivity contribution in [2.45, 2.75) is 194 Å². The van der Waals surface area contributed by atoms with E-state index >= 15 is 0 Å². The zero-order chi connectivity index (χ0) is 69.2. The maximum atomic E-state index is 14.0. The van der Waals surface area contributed by atoms with Crippen LogP contribution in [-0.2, 0) is 39.4 Å². The van der Waals surface area contributed by atoms with Crippen LogP contribution in [0.4, 0.5) is 52.1 Å². The predicted molar refractivity (Wildman–Crippen MR) is 335 cm³/mol. The van der Waals surface area contributed by atoms with Crippen LogP contribution in [0.5, 0.6) is 0 Å². The van der Waals surface area contributed by atoms with Crippen molar-refractivity contribution in [3.63, 3.8) is 0 Å². The summed E-state index contributed by atoms with van der Waals surface area (Å²) in [5, 5.41) is 27.2. The van der Waals surface area contributed by atoms with Gasteiger partial charge < -0.3 is 61.4 Å². The first-order valence-electron chi connectivity index (χ1n) is 31.8. The zero-order valence-corrected chi connectivity index (χ0v) is 55.0. The Kier molecular flexibility index (Phi) is 21.5. The lowest BCUT2D eigenvalue weighted by molar-refractivity contribution is -0.142. The highest BCUT2D eigenvalue weighted by atomic mass is 19.4. The number of carbonyl (C=O) groups is 7. The Bertz CT molecular complexity index is 3460. The third-order valence-electron chi connectivity index (χ3n) is 17.0. The van der Waals surface area contributed by atoms with Crippen LogP contribution in [0.2, 0.25) is 0 Å². The number of halogens is 6. The molecule has 8 N–H and O–H groups in total. The summed E-state index contributed by atoms with van der Waals surface area (Å²) in [5.41, 5.74) is 7.95. The summed E-state index contributed by atoms with van der Waals surface area (Å²) in [7, 11) is 0. The van der Waals surface area contributed by atoms with Crippen LogP contribution in [0.1, 0.15) is 198 Å². The average Bonchev–Trinajstić information content (AvgIpc) is 1.59. The largest absolute Gasteiger partial charge is 0.446 e. The summed E-state index contributed by atoms with van der Waals surface area (Å²) in [5.74, 6) is -2.57. The van der Waals surface area contributed by atoms with E-state index in [9.17, 15) is 65.0 Å². The van der Waals surface area contributed by atoms with Crippen molar-refractivity contribution in [3.05, 3.63) is 81.4 Å². The lowest BCUT2D eigenvalue weighted by Gasteiger charge is -2.36. The minimum atomic E-state index is -4.82. The molecule has 2 saturated heterocycles. The molecule has 2 aliphatic heterocycles. The fourth-order valence-electron chi connectivity index (χ4n) is 12.5. The summed E-state index contributed by atoms with van der Waals surface area (Å²) >= 11 is 0. The second-order valence-electron chi connectivity index (χ2n) is 28.6. The number of nitrogens with one attached hydrogen (secondary N) is 3. The van der Waals surface area contributed by atoms with Crippen LogP contribution in [0.3, 0.4) is 0 Å². The van der Waals surface area contributed by atoms with E-state index in [4.69, 9.17) is 25.7 Å². The molecule has 2 aromatic carbocycles. The number of piperazine rings is 2. The summed E-state index contributed by atoms with van der Waals surface area (Å²) in [6.07, 6.45) is -6.03. The van der Waals surface area contributed by atoms with E-state index in [0.29, 0.717) is 94.6 Å². The van der Waals surface area contributed by atoms with E-state index in [2.05, 4.69) is 26.1 Å². The monoisotopic (exact) mass is 1330 g/mol. The van der Waals surface area contributed by atoms with Gasteiger partial charge in [0.25, 0.3) is 11.8 Å². The fourth-order valence-corrected chi connectivity index (χ4v) is 12.5. The summed E-state index contributed by atoms with van der Waals surface area (Å²) < 4.78 is 102. The minimum absolute atomic E-state index is 0.00965. The number of aromatic nitrogens is 4. The molecular weight excluding hydrogens is 1240 g/mol. The van der Waals surface area contributed by atoms with Crippen LogP contribution < -0.4 is 27.4 Å². The molecule has 0 spiro atoms. The normalized spacial score (nSPS) is 21.4. The number of nitrogens with zero attached hydrogens (tertiary/aromatic N) is 7. The van der Waals surface area contributed by atoms with Crippen molar-refractivity contribution < 1.29 is 79.2 Å². The number of alkyl halides is 6. The van der Waals surface area contributed by atoms with Crippen molar-refractivity contribution in [1.29, 1.82) is 0 Å². The van der Waals surface area contributed by atoms with Gasteiger partial charge >= 0.3 is 30.6 Å². The van der Waals surface area contributed by atoms with E-state index in [1.807, 2.05) is 48.5 Å². The molecule has 4 heterocycles. The van der Waals surface area contributed by atoms with E-state index < -0.39 is 81.3 Å². The first-order chi connectivity index (χ1) is 43.7. The number of carbonyl (C=O) groups excluding carboxylic acids is 7. The number of primary amides is 2. The van der Waals surface area contributed by atoms with E-state index in [1.165, 1.54) is 30.3 Å². The van der Waals surface area contributed by atoms with E-state index in [-0.39, 0.29) is 95.4 Å². The van der Waals surface area contributed by atoms with Crippen LogP contribution in [0, 0.1) is 10.8 Å². The number of Topliss-reactive ketones (excluding diaryl/α,β-unsaturated/α-hetero) is 2. The molecule has 0 unspecified atom stereocenters. The maximum Gasteiger partial charge on any atom is 0.435 e. The maximum absolute atomic E-state index is 14.0. The van der Waals surface area contributed by atoms with Gasteiger partial charge in [0.15, 0.2) is 23.0 Å². The van der Waals surface area contributed by atoms with Crippen LogP contribution in [0.25, 0.3) is 11.4 Å². The number of aliphatic hydroxyl groups is 1. The number of ketones is 2. The lowest BCUT2D eigenvalue weighted by Crippen LogP contribution is -2.52. The van der Waals surface area contributed by atoms with Crippen LogP contribution >= 0.6 is 0 Å². The molecule has 0 bridgehead atoms. The minimum Gasteiger partial charge on any atom is -0.446 e. The predicted octanol–water partition coefficient (Wildman–Crippen LogP) is 10.2. The van der Waals surface area contributed by atoms with Gasteiger partial charge in [0.05, 0.1) is 51.1 Å². The summed E-state index contributed by atoms with van der Waals surface area (Å²) in [4.78, 5) is 91.4. The molecule has 23 nitrogen and oxygen atoms in total. The van der Waals surface area contributed by atoms with Crippen molar-refractivity contribution in [2.75, 3.05) is 63.0 Å². The highest BCUT2D eigenvalue weighted by Crippen LogP contribution is 2.44. The zero-order valence-electron chi connectivity index (χ0n) is 55.0. The number of fused-ring (bicyclic) bond motifs is 2. The van der Waals surface area contributed by atoms with Crippen molar-refractivity contribution in [1.82, 2.24) is 39.6 Å². The van der Waals surface area contributed by atoms with Crippen molar-refractivity contribution in [3.8, 4) is 11.4 Å². The quantitative estimate of drug-likeness (QED) is 0.0670. The van der Waals surface area contributed by atoms with Gasteiger partial charge in [-0.05, 0) is 153 Å². The van der Waals surface area contributed by atoms with Crippen LogP contribution in [0.15, 0.2) is 36.4 Å². The Balaban J connectivity index is 0.000000211. The number of nitrogens with two attached hydrogens (primary N) is 2. The highest BCUT2D eigenvalue weighted by Gasteiger charge is 2.47. The SMILES string of the molecule is CC(C)(C)OC(=O)N1CCNCC1.CC1(C)CC(=O)c2c(C(F)(F)F)nn(-c3ccc(C(N)=O)c(NC4CCC(O)CC4)c3)c2C1.CC1(C)CC(=O)c2c(C(F)(F)F)nn(-c3ccc(C(N)=O)c(NC4CCC(OC(=O)N5CCN(C(=O)OC(C)(C)C)CC5)CC4)c3)c2C1. The number of benzene rings is 2. The van der Waals surface area contributed by atoms with Gasteiger partial charge in [-0.3, -0.25) is 19.2 Å². The fraction of sp³-hybridized carbons (Fsp3) is 0.615.